The van der Waals surface area contributed by atoms with Crippen LogP contribution in [0.3, 0.4) is 0 Å². The van der Waals surface area contributed by atoms with E-state index >= 15 is 0 Å². The molecule has 0 heterocycles. The van der Waals surface area contributed by atoms with Crippen molar-refractivity contribution in [1.29, 1.82) is 0 Å². The standard InChI is InChI=1S/C73H136O6/c1-4-7-10-13-16-19-21-23-25-27-28-29-30-31-32-33-34-35-36-37-38-39-40-41-42-43-44-46-47-49-51-54-57-60-63-66-72(75)78-69-70(68-77-71(74)65-62-59-56-53-18-15-12-9-6-3)79-73(76)67-64-61-58-55-52-50-48-45-26-24-22-20-17-14-11-8-5-2/h17,20,24,26-28,70H,4-16,18-19,21-23,25,29-69H2,1-3H3/b20-17-,26-24-,28-27-. The van der Waals surface area contributed by atoms with Crippen LogP contribution < -0.4 is 0 Å². The highest BCUT2D eigenvalue weighted by Crippen LogP contribution is 2.18. The largest absolute Gasteiger partial charge is 0.462 e. The van der Waals surface area contributed by atoms with Crippen molar-refractivity contribution in [2.45, 2.75) is 399 Å². The van der Waals surface area contributed by atoms with Crippen LogP contribution in [0.1, 0.15) is 393 Å². The Kier molecular flexibility index (Phi) is 66.1. The summed E-state index contributed by atoms with van der Waals surface area (Å²) in [5.74, 6) is -0.857. The van der Waals surface area contributed by atoms with E-state index in [0.29, 0.717) is 19.3 Å². The van der Waals surface area contributed by atoms with E-state index in [9.17, 15) is 14.4 Å². The number of carbonyl (C=O) groups excluding carboxylic acids is 3. The number of unbranched alkanes of at least 4 members (excludes halogenated alkanes) is 49. The van der Waals surface area contributed by atoms with Crippen LogP contribution in [0, 0.1) is 0 Å². The first-order valence-electron chi connectivity index (χ1n) is 35.5. The summed E-state index contributed by atoms with van der Waals surface area (Å²) in [7, 11) is 0. The molecule has 0 rings (SSSR count). The minimum Gasteiger partial charge on any atom is -0.462 e. The lowest BCUT2D eigenvalue weighted by Crippen LogP contribution is -2.30. The van der Waals surface area contributed by atoms with Crippen LogP contribution >= 0.6 is 0 Å². The molecule has 0 bridgehead atoms. The molecule has 0 amide bonds. The molecule has 0 saturated heterocycles. The number of hydrogen-bond donors (Lipinski definition) is 0. The lowest BCUT2D eigenvalue weighted by molar-refractivity contribution is -0.167. The number of hydrogen-bond acceptors (Lipinski definition) is 6. The molecule has 6 heteroatoms. The van der Waals surface area contributed by atoms with Gasteiger partial charge in [-0.15, -0.1) is 0 Å². The lowest BCUT2D eigenvalue weighted by Gasteiger charge is -2.18. The molecule has 79 heavy (non-hydrogen) atoms. The smallest absolute Gasteiger partial charge is 0.306 e. The van der Waals surface area contributed by atoms with Crippen molar-refractivity contribution in [2.24, 2.45) is 0 Å². The number of rotatable bonds is 66. The number of esters is 3. The van der Waals surface area contributed by atoms with Crippen molar-refractivity contribution in [1.82, 2.24) is 0 Å². The second-order valence-corrected chi connectivity index (χ2v) is 24.1. The van der Waals surface area contributed by atoms with Crippen molar-refractivity contribution in [3.8, 4) is 0 Å². The Morgan fingerprint density at radius 1 is 0.253 bits per heavy atom. The molecule has 0 N–H and O–H groups in total. The second-order valence-electron chi connectivity index (χ2n) is 24.1. The third-order valence-corrected chi connectivity index (χ3v) is 16.1. The van der Waals surface area contributed by atoms with Crippen LogP contribution in [0.4, 0.5) is 0 Å². The molecule has 464 valence electrons. The van der Waals surface area contributed by atoms with Crippen molar-refractivity contribution < 1.29 is 28.6 Å². The topological polar surface area (TPSA) is 78.9 Å². The fraction of sp³-hybridized carbons (Fsp3) is 0.877. The first-order valence-corrected chi connectivity index (χ1v) is 35.5. The maximum Gasteiger partial charge on any atom is 0.306 e. The zero-order chi connectivity index (χ0) is 57.1. The zero-order valence-corrected chi connectivity index (χ0v) is 53.4. The van der Waals surface area contributed by atoms with Gasteiger partial charge < -0.3 is 14.2 Å². The van der Waals surface area contributed by atoms with Crippen LogP contribution in [0.25, 0.3) is 0 Å². The van der Waals surface area contributed by atoms with E-state index in [1.54, 1.807) is 0 Å². The van der Waals surface area contributed by atoms with Gasteiger partial charge in [0.25, 0.3) is 0 Å². The molecule has 1 unspecified atom stereocenters. The Balaban J connectivity index is 3.98. The van der Waals surface area contributed by atoms with Gasteiger partial charge in [0.1, 0.15) is 13.2 Å². The maximum atomic E-state index is 12.9. The normalized spacial score (nSPS) is 12.2. The minimum absolute atomic E-state index is 0.0701. The van der Waals surface area contributed by atoms with Gasteiger partial charge in [-0.3, -0.25) is 14.4 Å². The van der Waals surface area contributed by atoms with Crippen molar-refractivity contribution >= 4 is 17.9 Å². The first-order chi connectivity index (χ1) is 39.0. The number of allylic oxidation sites excluding steroid dienone is 6. The molecule has 0 aromatic rings. The van der Waals surface area contributed by atoms with Gasteiger partial charge >= 0.3 is 17.9 Å². The Morgan fingerprint density at radius 3 is 0.734 bits per heavy atom. The average molecular weight is 1110 g/mol. The first kappa shape index (κ1) is 76.6. The third-order valence-electron chi connectivity index (χ3n) is 16.1. The second kappa shape index (κ2) is 68.1. The molecule has 0 aromatic heterocycles. The minimum atomic E-state index is -0.772. The van der Waals surface area contributed by atoms with E-state index in [4.69, 9.17) is 14.2 Å². The van der Waals surface area contributed by atoms with Gasteiger partial charge in [0, 0.05) is 19.3 Å². The highest BCUT2D eigenvalue weighted by Gasteiger charge is 2.19. The van der Waals surface area contributed by atoms with Gasteiger partial charge in [0.15, 0.2) is 6.10 Å². The van der Waals surface area contributed by atoms with E-state index in [-0.39, 0.29) is 31.1 Å². The Bertz CT molecular complexity index is 1320. The summed E-state index contributed by atoms with van der Waals surface area (Å²) in [5, 5.41) is 0. The predicted octanol–water partition coefficient (Wildman–Crippen LogP) is 24.3. The van der Waals surface area contributed by atoms with Crippen molar-refractivity contribution in [3.63, 3.8) is 0 Å². The molecular formula is C73H136O6. The van der Waals surface area contributed by atoms with E-state index in [1.165, 1.54) is 283 Å². The van der Waals surface area contributed by atoms with Crippen LogP contribution in [0.2, 0.25) is 0 Å². The van der Waals surface area contributed by atoms with E-state index in [0.717, 1.165) is 70.6 Å². The monoisotopic (exact) mass is 1110 g/mol. The van der Waals surface area contributed by atoms with E-state index in [1.807, 2.05) is 0 Å². The molecule has 0 spiro atoms. The van der Waals surface area contributed by atoms with Gasteiger partial charge in [-0.25, -0.2) is 0 Å². The lowest BCUT2D eigenvalue weighted by atomic mass is 10.0. The summed E-state index contributed by atoms with van der Waals surface area (Å²) in [6, 6.07) is 0. The van der Waals surface area contributed by atoms with E-state index in [2.05, 4.69) is 57.2 Å². The summed E-state index contributed by atoms with van der Waals surface area (Å²) in [6.45, 7) is 6.65. The van der Waals surface area contributed by atoms with Gasteiger partial charge in [-0.1, -0.05) is 333 Å². The van der Waals surface area contributed by atoms with Gasteiger partial charge in [-0.05, 0) is 77.0 Å². The van der Waals surface area contributed by atoms with Gasteiger partial charge in [0.05, 0.1) is 0 Å². The van der Waals surface area contributed by atoms with Crippen molar-refractivity contribution in [2.75, 3.05) is 13.2 Å². The van der Waals surface area contributed by atoms with Gasteiger partial charge in [0.2, 0.25) is 0 Å². The molecule has 0 aromatic carbocycles. The fourth-order valence-electron chi connectivity index (χ4n) is 10.8. The molecule has 6 nitrogen and oxygen atoms in total. The SMILES string of the molecule is CCCCC/C=C\C/C=C\CCCCCCCCCC(=O)OC(COC(=O)CCCCCCCCCCC)COC(=O)CCCCCCCCCCCCCCCCCCCCCCCCC/C=C\CCCCCCCCCC. The molecule has 0 saturated carbocycles. The molecule has 0 radical (unpaired) electrons. The summed E-state index contributed by atoms with van der Waals surface area (Å²) >= 11 is 0. The van der Waals surface area contributed by atoms with Crippen LogP contribution in [0.5, 0.6) is 0 Å². The summed E-state index contributed by atoms with van der Waals surface area (Å²) in [5.41, 5.74) is 0. The molecule has 0 fully saturated rings. The fourth-order valence-corrected chi connectivity index (χ4v) is 10.8. The van der Waals surface area contributed by atoms with Crippen LogP contribution in [-0.2, 0) is 28.6 Å². The molecule has 1 atom stereocenters. The summed E-state index contributed by atoms with van der Waals surface area (Å²) in [4.78, 5) is 38.2. The number of ether oxygens (including phenoxy) is 3. The molecular weight excluding hydrogens is 973 g/mol. The molecule has 0 aliphatic heterocycles. The predicted molar refractivity (Wildman–Crippen MR) is 344 cm³/mol. The quantitative estimate of drug-likeness (QED) is 0.0261. The molecule has 0 aliphatic carbocycles. The highest BCUT2D eigenvalue weighted by molar-refractivity contribution is 5.71. The van der Waals surface area contributed by atoms with E-state index < -0.39 is 6.10 Å². The Morgan fingerprint density at radius 2 is 0.456 bits per heavy atom. The molecule has 0 aliphatic rings. The van der Waals surface area contributed by atoms with Crippen LogP contribution in [0.15, 0.2) is 36.5 Å². The Labute approximate surface area is 493 Å². The van der Waals surface area contributed by atoms with Crippen LogP contribution in [-0.4, -0.2) is 37.2 Å². The third kappa shape index (κ3) is 66.3. The maximum absolute atomic E-state index is 12.9. The highest BCUT2D eigenvalue weighted by atomic mass is 16.6. The van der Waals surface area contributed by atoms with Crippen molar-refractivity contribution in [3.05, 3.63) is 36.5 Å². The Hall–Kier alpha value is -2.37. The summed E-state index contributed by atoms with van der Waals surface area (Å²) < 4.78 is 16.9. The average Bonchev–Trinajstić information content (AvgIpc) is 3.45. The zero-order valence-electron chi connectivity index (χ0n) is 53.4. The summed E-state index contributed by atoms with van der Waals surface area (Å²) in [6.07, 6.45) is 84.9. The van der Waals surface area contributed by atoms with Gasteiger partial charge in [-0.2, -0.15) is 0 Å². The number of carbonyl (C=O) groups is 3.